The van der Waals surface area contributed by atoms with E-state index in [0.717, 1.165) is 11.3 Å². The molecular formula is C15H13BrClNO2. The van der Waals surface area contributed by atoms with Gasteiger partial charge in [0.15, 0.2) is 6.04 Å². The van der Waals surface area contributed by atoms with Crippen molar-refractivity contribution in [2.75, 3.05) is 5.32 Å². The molecule has 0 aliphatic heterocycles. The SMILES string of the molecule is Cc1ccccc1NC(C(=O)O)c1cc(Cl)ccc1Br. The van der Waals surface area contributed by atoms with Gasteiger partial charge in [0.25, 0.3) is 0 Å². The lowest BCUT2D eigenvalue weighted by molar-refractivity contribution is -0.138. The van der Waals surface area contributed by atoms with E-state index >= 15 is 0 Å². The minimum absolute atomic E-state index is 0.501. The van der Waals surface area contributed by atoms with E-state index < -0.39 is 12.0 Å². The number of para-hydroxylation sites is 1. The number of halogens is 2. The van der Waals surface area contributed by atoms with Gasteiger partial charge in [-0.1, -0.05) is 45.7 Å². The number of carbonyl (C=O) groups is 1. The van der Waals surface area contributed by atoms with E-state index in [2.05, 4.69) is 21.2 Å². The van der Waals surface area contributed by atoms with E-state index in [0.29, 0.717) is 15.1 Å². The van der Waals surface area contributed by atoms with Crippen molar-refractivity contribution in [2.24, 2.45) is 0 Å². The second-order valence-corrected chi connectivity index (χ2v) is 5.69. The molecule has 2 rings (SSSR count). The van der Waals surface area contributed by atoms with Gasteiger partial charge < -0.3 is 10.4 Å². The second-order valence-electron chi connectivity index (χ2n) is 4.40. The number of anilines is 1. The van der Waals surface area contributed by atoms with E-state index in [1.165, 1.54) is 0 Å². The molecule has 0 saturated carbocycles. The van der Waals surface area contributed by atoms with Gasteiger partial charge in [0.2, 0.25) is 0 Å². The lowest BCUT2D eigenvalue weighted by atomic mass is 10.1. The van der Waals surface area contributed by atoms with Gasteiger partial charge in [0.05, 0.1) is 0 Å². The molecule has 0 bridgehead atoms. The Morgan fingerprint density at radius 3 is 2.65 bits per heavy atom. The minimum atomic E-state index is -0.962. The predicted octanol–water partition coefficient (Wildman–Crippen LogP) is 4.65. The Morgan fingerprint density at radius 2 is 2.00 bits per heavy atom. The molecule has 2 aromatic carbocycles. The summed E-state index contributed by atoms with van der Waals surface area (Å²) in [5.74, 6) is -0.962. The average Bonchev–Trinajstić information content (AvgIpc) is 2.40. The molecule has 3 nitrogen and oxygen atoms in total. The number of nitrogens with one attached hydrogen (secondary N) is 1. The highest BCUT2D eigenvalue weighted by atomic mass is 79.9. The van der Waals surface area contributed by atoms with Gasteiger partial charge >= 0.3 is 5.97 Å². The number of aryl methyl sites for hydroxylation is 1. The fourth-order valence-electron chi connectivity index (χ4n) is 1.90. The molecule has 0 heterocycles. The van der Waals surface area contributed by atoms with Crippen LogP contribution >= 0.6 is 27.5 Å². The molecule has 0 aliphatic rings. The summed E-state index contributed by atoms with van der Waals surface area (Å²) < 4.78 is 0.704. The highest BCUT2D eigenvalue weighted by molar-refractivity contribution is 9.10. The number of rotatable bonds is 4. The van der Waals surface area contributed by atoms with Crippen molar-refractivity contribution in [3.8, 4) is 0 Å². The van der Waals surface area contributed by atoms with Crippen LogP contribution in [0.3, 0.4) is 0 Å². The maximum atomic E-state index is 11.6. The van der Waals surface area contributed by atoms with Gasteiger partial charge in [-0.2, -0.15) is 0 Å². The third kappa shape index (κ3) is 3.32. The van der Waals surface area contributed by atoms with Crippen LogP contribution in [0, 0.1) is 6.92 Å². The Hall–Kier alpha value is -1.52. The lowest BCUT2D eigenvalue weighted by Crippen LogP contribution is -2.21. The standard InChI is InChI=1S/C15H13BrClNO2/c1-9-4-2-3-5-13(9)18-14(15(19)20)11-8-10(17)6-7-12(11)16/h2-8,14,18H,1H3,(H,19,20). The predicted molar refractivity (Wildman–Crippen MR) is 84.3 cm³/mol. The first-order valence-corrected chi connectivity index (χ1v) is 7.16. The van der Waals surface area contributed by atoms with Crippen LogP contribution in [0.15, 0.2) is 46.9 Å². The summed E-state index contributed by atoms with van der Waals surface area (Å²) in [5.41, 5.74) is 2.36. The molecule has 0 aliphatic carbocycles. The van der Waals surface area contributed by atoms with Crippen LogP contribution in [0.4, 0.5) is 5.69 Å². The summed E-state index contributed by atoms with van der Waals surface area (Å²) in [6, 6.07) is 11.8. The molecule has 0 spiro atoms. The van der Waals surface area contributed by atoms with Crippen LogP contribution in [0.25, 0.3) is 0 Å². The van der Waals surface area contributed by atoms with Gasteiger partial charge in [-0.15, -0.1) is 0 Å². The van der Waals surface area contributed by atoms with Crippen molar-refractivity contribution < 1.29 is 9.90 Å². The molecule has 20 heavy (non-hydrogen) atoms. The molecule has 2 aromatic rings. The fourth-order valence-corrected chi connectivity index (χ4v) is 2.55. The zero-order valence-electron chi connectivity index (χ0n) is 10.7. The lowest BCUT2D eigenvalue weighted by Gasteiger charge is -2.19. The van der Waals surface area contributed by atoms with Crippen molar-refractivity contribution in [3.63, 3.8) is 0 Å². The first-order chi connectivity index (χ1) is 9.49. The Bertz CT molecular complexity index is 646. The Labute approximate surface area is 130 Å². The molecule has 104 valence electrons. The quantitative estimate of drug-likeness (QED) is 0.840. The number of aliphatic carboxylic acids is 1. The summed E-state index contributed by atoms with van der Waals surface area (Å²) in [5, 5.41) is 13.0. The topological polar surface area (TPSA) is 49.3 Å². The van der Waals surface area contributed by atoms with E-state index in [1.807, 2.05) is 31.2 Å². The van der Waals surface area contributed by atoms with Crippen LogP contribution in [-0.4, -0.2) is 11.1 Å². The molecule has 1 atom stereocenters. The molecule has 0 radical (unpaired) electrons. The minimum Gasteiger partial charge on any atom is -0.479 e. The van der Waals surface area contributed by atoms with Crippen molar-refractivity contribution >= 4 is 39.2 Å². The average molecular weight is 355 g/mol. The Balaban J connectivity index is 2.40. The van der Waals surface area contributed by atoms with E-state index in [1.54, 1.807) is 18.2 Å². The molecule has 0 aromatic heterocycles. The van der Waals surface area contributed by atoms with Crippen LogP contribution < -0.4 is 5.32 Å². The van der Waals surface area contributed by atoms with E-state index in [-0.39, 0.29) is 0 Å². The van der Waals surface area contributed by atoms with Crippen LogP contribution in [0.2, 0.25) is 5.02 Å². The third-order valence-corrected chi connectivity index (χ3v) is 3.92. The van der Waals surface area contributed by atoms with Gasteiger partial charge in [0, 0.05) is 20.7 Å². The number of carboxylic acid groups (broad SMARTS) is 1. The maximum Gasteiger partial charge on any atom is 0.330 e. The van der Waals surface area contributed by atoms with Crippen molar-refractivity contribution in [3.05, 3.63) is 63.1 Å². The van der Waals surface area contributed by atoms with Gasteiger partial charge in [-0.25, -0.2) is 4.79 Å². The summed E-state index contributed by atoms with van der Waals surface area (Å²) >= 11 is 9.33. The highest BCUT2D eigenvalue weighted by Crippen LogP contribution is 2.30. The molecule has 2 N–H and O–H groups in total. The first kappa shape index (κ1) is 14.9. The van der Waals surface area contributed by atoms with Crippen LogP contribution in [-0.2, 0) is 4.79 Å². The van der Waals surface area contributed by atoms with Gasteiger partial charge in [0.1, 0.15) is 0 Å². The summed E-state index contributed by atoms with van der Waals surface area (Å²) in [6.45, 7) is 1.92. The zero-order valence-corrected chi connectivity index (χ0v) is 13.1. The Morgan fingerprint density at radius 1 is 1.30 bits per heavy atom. The Kier molecular flexibility index (Phi) is 4.68. The largest absolute Gasteiger partial charge is 0.479 e. The van der Waals surface area contributed by atoms with Crippen molar-refractivity contribution in [1.82, 2.24) is 0 Å². The number of carboxylic acids is 1. The number of hydrogen-bond donors (Lipinski definition) is 2. The highest BCUT2D eigenvalue weighted by Gasteiger charge is 2.22. The summed E-state index contributed by atoms with van der Waals surface area (Å²) in [4.78, 5) is 11.6. The van der Waals surface area contributed by atoms with E-state index in [9.17, 15) is 9.90 Å². The van der Waals surface area contributed by atoms with Crippen LogP contribution in [0.5, 0.6) is 0 Å². The summed E-state index contributed by atoms with van der Waals surface area (Å²) in [6.07, 6.45) is 0. The number of hydrogen-bond acceptors (Lipinski definition) is 2. The first-order valence-electron chi connectivity index (χ1n) is 5.99. The number of benzene rings is 2. The fraction of sp³-hybridized carbons (Fsp3) is 0.133. The molecule has 5 heteroatoms. The second kappa shape index (κ2) is 6.29. The molecular weight excluding hydrogens is 342 g/mol. The molecule has 1 unspecified atom stereocenters. The van der Waals surface area contributed by atoms with Crippen LogP contribution in [0.1, 0.15) is 17.2 Å². The third-order valence-electron chi connectivity index (χ3n) is 2.96. The molecule has 0 fully saturated rings. The monoisotopic (exact) mass is 353 g/mol. The van der Waals surface area contributed by atoms with Crippen molar-refractivity contribution in [1.29, 1.82) is 0 Å². The van der Waals surface area contributed by atoms with Gasteiger partial charge in [-0.05, 0) is 36.8 Å². The summed E-state index contributed by atoms with van der Waals surface area (Å²) in [7, 11) is 0. The molecule has 0 saturated heterocycles. The molecule has 0 amide bonds. The van der Waals surface area contributed by atoms with Crippen molar-refractivity contribution in [2.45, 2.75) is 13.0 Å². The normalized spacial score (nSPS) is 11.9. The zero-order chi connectivity index (χ0) is 14.7. The maximum absolute atomic E-state index is 11.6. The smallest absolute Gasteiger partial charge is 0.330 e. The van der Waals surface area contributed by atoms with Gasteiger partial charge in [-0.3, -0.25) is 0 Å². The van der Waals surface area contributed by atoms with E-state index in [4.69, 9.17) is 11.6 Å².